The number of fused-ring (bicyclic) bond motifs is 1. The van der Waals surface area contributed by atoms with Gasteiger partial charge in [-0.3, -0.25) is 4.79 Å². The summed E-state index contributed by atoms with van der Waals surface area (Å²) in [6.45, 7) is 1.81. The maximum absolute atomic E-state index is 13.0. The van der Waals surface area contributed by atoms with Gasteiger partial charge in [-0.05, 0) is 36.2 Å². The summed E-state index contributed by atoms with van der Waals surface area (Å²) >= 11 is 11.2. The normalized spacial score (nSPS) is 13.0. The van der Waals surface area contributed by atoms with E-state index in [-0.39, 0.29) is 24.1 Å². The Morgan fingerprint density at radius 2 is 1.96 bits per heavy atom. The second-order valence-corrected chi connectivity index (χ2v) is 6.77. The van der Waals surface area contributed by atoms with Crippen molar-refractivity contribution in [2.75, 3.05) is 0 Å². The minimum absolute atomic E-state index is 0.0441. The SMILES string of the molecule is CC(NC(=O)Cn1cnc2cccc(Cl)c21)c1ccc(C(F)(F)Cl)cc1. The molecule has 0 aliphatic heterocycles. The Balaban J connectivity index is 1.69. The van der Waals surface area contributed by atoms with Gasteiger partial charge < -0.3 is 9.88 Å². The molecule has 26 heavy (non-hydrogen) atoms. The number of benzene rings is 2. The maximum Gasteiger partial charge on any atom is 0.348 e. The van der Waals surface area contributed by atoms with Gasteiger partial charge in [0.15, 0.2) is 0 Å². The highest BCUT2D eigenvalue weighted by molar-refractivity contribution is 6.35. The molecule has 3 aromatic rings. The molecule has 1 heterocycles. The van der Waals surface area contributed by atoms with E-state index in [4.69, 9.17) is 23.2 Å². The average Bonchev–Trinajstić information content (AvgIpc) is 2.98. The van der Waals surface area contributed by atoms with Crippen molar-refractivity contribution in [3.8, 4) is 0 Å². The summed E-state index contributed by atoms with van der Waals surface area (Å²) in [5, 5.41) is -0.0718. The zero-order valence-corrected chi connectivity index (χ0v) is 15.2. The van der Waals surface area contributed by atoms with Crippen molar-refractivity contribution in [2.24, 2.45) is 0 Å². The quantitative estimate of drug-likeness (QED) is 0.625. The van der Waals surface area contributed by atoms with Crippen molar-refractivity contribution in [3.05, 3.63) is 64.9 Å². The second-order valence-electron chi connectivity index (χ2n) is 5.89. The van der Waals surface area contributed by atoms with Crippen LogP contribution < -0.4 is 5.32 Å². The van der Waals surface area contributed by atoms with Crippen molar-refractivity contribution in [3.63, 3.8) is 0 Å². The van der Waals surface area contributed by atoms with E-state index < -0.39 is 5.38 Å². The number of nitrogens with zero attached hydrogens (tertiary/aromatic N) is 2. The first-order valence-electron chi connectivity index (χ1n) is 7.81. The molecule has 0 saturated carbocycles. The van der Waals surface area contributed by atoms with Crippen LogP contribution >= 0.6 is 23.2 Å². The molecular formula is C18H15Cl2F2N3O. The van der Waals surface area contributed by atoms with E-state index in [0.29, 0.717) is 21.6 Å². The zero-order chi connectivity index (χ0) is 18.9. The topological polar surface area (TPSA) is 46.9 Å². The fourth-order valence-corrected chi connectivity index (χ4v) is 3.09. The van der Waals surface area contributed by atoms with Crippen molar-refractivity contribution in [1.82, 2.24) is 14.9 Å². The number of amides is 1. The summed E-state index contributed by atoms with van der Waals surface area (Å²) < 4.78 is 27.8. The van der Waals surface area contributed by atoms with Crippen molar-refractivity contribution >= 4 is 40.1 Å². The lowest BCUT2D eigenvalue weighted by atomic mass is 10.1. The number of rotatable bonds is 5. The number of alkyl halides is 3. The van der Waals surface area contributed by atoms with Gasteiger partial charge in [0.1, 0.15) is 6.54 Å². The number of hydrogen-bond acceptors (Lipinski definition) is 2. The number of halogens is 4. The number of hydrogen-bond donors (Lipinski definition) is 1. The molecule has 0 spiro atoms. The molecule has 0 radical (unpaired) electrons. The molecule has 136 valence electrons. The molecule has 0 bridgehead atoms. The molecule has 0 aliphatic rings. The van der Waals surface area contributed by atoms with Crippen LogP contribution in [0.4, 0.5) is 8.78 Å². The Labute approximate surface area is 158 Å². The molecule has 0 aliphatic carbocycles. The van der Waals surface area contributed by atoms with Crippen LogP contribution in [-0.4, -0.2) is 15.5 Å². The number of imidazole rings is 1. The molecule has 0 fully saturated rings. The van der Waals surface area contributed by atoms with Crippen LogP contribution in [0.3, 0.4) is 0 Å². The van der Waals surface area contributed by atoms with Gasteiger partial charge in [0.05, 0.1) is 28.4 Å². The number of aromatic nitrogens is 2. The molecule has 3 rings (SSSR count). The predicted octanol–water partition coefficient (Wildman–Crippen LogP) is 4.86. The summed E-state index contributed by atoms with van der Waals surface area (Å²) in [5.74, 6) is -0.247. The molecule has 1 amide bonds. The molecule has 1 aromatic heterocycles. The van der Waals surface area contributed by atoms with Crippen LogP contribution in [-0.2, 0) is 16.7 Å². The lowest BCUT2D eigenvalue weighted by Gasteiger charge is -2.16. The molecule has 2 aromatic carbocycles. The van der Waals surface area contributed by atoms with Crippen LogP contribution in [0, 0.1) is 0 Å². The standard InChI is InChI=1S/C18H15Cl2F2N3O/c1-11(12-5-7-13(8-6-12)18(20,21)22)24-16(26)9-25-10-23-15-4-2-3-14(19)17(15)25/h2-8,10-11H,9H2,1H3,(H,24,26). The van der Waals surface area contributed by atoms with E-state index in [1.165, 1.54) is 24.3 Å². The fourth-order valence-electron chi connectivity index (χ4n) is 2.69. The van der Waals surface area contributed by atoms with E-state index >= 15 is 0 Å². The molecule has 1 atom stereocenters. The van der Waals surface area contributed by atoms with Crippen molar-refractivity contribution in [1.29, 1.82) is 0 Å². The summed E-state index contributed by atoms with van der Waals surface area (Å²) in [7, 11) is 0. The average molecular weight is 398 g/mol. The Kier molecular flexibility index (Phi) is 5.16. The van der Waals surface area contributed by atoms with Crippen LogP contribution in [0.25, 0.3) is 11.0 Å². The van der Waals surface area contributed by atoms with Crippen LogP contribution in [0.5, 0.6) is 0 Å². The minimum Gasteiger partial charge on any atom is -0.348 e. The van der Waals surface area contributed by atoms with Crippen LogP contribution in [0.1, 0.15) is 24.1 Å². The number of carbonyl (C=O) groups excluding carboxylic acids is 1. The lowest BCUT2D eigenvalue weighted by Crippen LogP contribution is -2.30. The monoisotopic (exact) mass is 397 g/mol. The first-order valence-corrected chi connectivity index (χ1v) is 8.57. The summed E-state index contributed by atoms with van der Waals surface area (Å²) in [6, 6.07) is 10.5. The lowest BCUT2D eigenvalue weighted by molar-refractivity contribution is -0.122. The number of nitrogens with one attached hydrogen (secondary N) is 1. The van der Waals surface area contributed by atoms with Gasteiger partial charge in [-0.2, -0.15) is 8.78 Å². The first-order chi connectivity index (χ1) is 12.3. The van der Waals surface area contributed by atoms with E-state index in [1.807, 2.05) is 6.07 Å². The van der Waals surface area contributed by atoms with Gasteiger partial charge in [-0.15, -0.1) is 0 Å². The maximum atomic E-state index is 13.0. The highest BCUT2D eigenvalue weighted by Crippen LogP contribution is 2.32. The highest BCUT2D eigenvalue weighted by Gasteiger charge is 2.27. The number of carbonyl (C=O) groups is 1. The van der Waals surface area contributed by atoms with Crippen LogP contribution in [0.15, 0.2) is 48.8 Å². The third-order valence-corrected chi connectivity index (χ3v) is 4.54. The Morgan fingerprint density at radius 1 is 1.27 bits per heavy atom. The second kappa shape index (κ2) is 7.21. The highest BCUT2D eigenvalue weighted by atomic mass is 35.5. The van der Waals surface area contributed by atoms with Crippen LogP contribution in [0.2, 0.25) is 5.02 Å². The van der Waals surface area contributed by atoms with Crippen molar-refractivity contribution in [2.45, 2.75) is 24.9 Å². The Bertz CT molecular complexity index is 936. The Morgan fingerprint density at radius 3 is 2.62 bits per heavy atom. The molecule has 1 unspecified atom stereocenters. The summed E-state index contributed by atoms with van der Waals surface area (Å²) in [4.78, 5) is 16.5. The molecule has 4 nitrogen and oxygen atoms in total. The van der Waals surface area contributed by atoms with E-state index in [9.17, 15) is 13.6 Å². The van der Waals surface area contributed by atoms with Gasteiger partial charge in [0, 0.05) is 5.56 Å². The van der Waals surface area contributed by atoms with Gasteiger partial charge in [0.25, 0.3) is 0 Å². The molecular weight excluding hydrogens is 383 g/mol. The van der Waals surface area contributed by atoms with E-state index in [1.54, 1.807) is 30.0 Å². The smallest absolute Gasteiger partial charge is 0.348 e. The Hall–Kier alpha value is -2.18. The van der Waals surface area contributed by atoms with Crippen molar-refractivity contribution < 1.29 is 13.6 Å². The van der Waals surface area contributed by atoms with E-state index in [2.05, 4.69) is 10.3 Å². The number of para-hydroxylation sites is 1. The van der Waals surface area contributed by atoms with Gasteiger partial charge >= 0.3 is 5.38 Å². The van der Waals surface area contributed by atoms with Gasteiger partial charge in [0.2, 0.25) is 5.91 Å². The van der Waals surface area contributed by atoms with E-state index in [0.717, 1.165) is 0 Å². The third-order valence-electron chi connectivity index (χ3n) is 4.02. The minimum atomic E-state index is -3.41. The largest absolute Gasteiger partial charge is 0.348 e. The summed E-state index contributed by atoms with van der Waals surface area (Å²) in [6.07, 6.45) is 1.55. The predicted molar refractivity (Wildman–Crippen MR) is 97.5 cm³/mol. The zero-order valence-electron chi connectivity index (χ0n) is 13.7. The third kappa shape index (κ3) is 3.97. The molecule has 1 N–H and O–H groups in total. The molecule has 8 heteroatoms. The summed E-state index contributed by atoms with van der Waals surface area (Å²) in [5.41, 5.74) is 1.79. The molecule has 0 saturated heterocycles. The van der Waals surface area contributed by atoms with Gasteiger partial charge in [-0.25, -0.2) is 4.98 Å². The fraction of sp³-hybridized carbons (Fsp3) is 0.222. The van der Waals surface area contributed by atoms with Gasteiger partial charge in [-0.1, -0.05) is 41.9 Å². The first kappa shape index (κ1) is 18.6.